The lowest BCUT2D eigenvalue weighted by Crippen LogP contribution is -2.46. The quantitative estimate of drug-likeness (QED) is 0.893. The summed E-state index contributed by atoms with van der Waals surface area (Å²) in [5.41, 5.74) is 0.611. The van der Waals surface area contributed by atoms with Gasteiger partial charge in [0, 0.05) is 55.8 Å². The smallest absolute Gasteiger partial charge is 0.254 e. The summed E-state index contributed by atoms with van der Waals surface area (Å²) in [6.07, 6.45) is 0. The van der Waals surface area contributed by atoms with Crippen LogP contribution in [0.4, 0.5) is 0 Å². The number of likely N-dealkylation sites (N-methyl/N-ethyl adjacent to an activating group) is 1. The van der Waals surface area contributed by atoms with E-state index in [1.165, 1.54) is 0 Å². The molecule has 1 aromatic rings. The molecule has 0 radical (unpaired) electrons. The molecular formula is C14H19BrClN3O. The first-order valence-corrected chi connectivity index (χ1v) is 7.88. The Hall–Kier alpha value is -0.620. The highest BCUT2D eigenvalue weighted by Gasteiger charge is 2.17. The molecule has 0 aliphatic carbocycles. The van der Waals surface area contributed by atoms with Crippen LogP contribution in [-0.2, 0) is 0 Å². The fourth-order valence-corrected chi connectivity index (χ4v) is 2.78. The Morgan fingerprint density at radius 2 is 2.15 bits per heavy atom. The molecule has 1 amide bonds. The monoisotopic (exact) mass is 359 g/mol. The summed E-state index contributed by atoms with van der Waals surface area (Å²) < 4.78 is 0.779. The van der Waals surface area contributed by atoms with Crippen molar-refractivity contribution < 1.29 is 4.79 Å². The standard InChI is InChI=1S/C14H19BrClN3O/c1-18(8-9-19-6-4-17-5-7-19)14(20)12-10-11(16)2-3-13(12)15/h2-3,10,17H,4-9H2,1H3. The van der Waals surface area contributed by atoms with Gasteiger partial charge >= 0.3 is 0 Å². The molecule has 20 heavy (non-hydrogen) atoms. The van der Waals surface area contributed by atoms with Gasteiger partial charge in [0.1, 0.15) is 0 Å². The molecule has 110 valence electrons. The number of hydrogen-bond acceptors (Lipinski definition) is 3. The summed E-state index contributed by atoms with van der Waals surface area (Å²) >= 11 is 9.36. The molecular weight excluding hydrogens is 342 g/mol. The van der Waals surface area contributed by atoms with Crippen molar-refractivity contribution in [1.82, 2.24) is 15.1 Å². The first kappa shape index (κ1) is 15.8. The number of nitrogens with zero attached hydrogens (tertiary/aromatic N) is 2. The van der Waals surface area contributed by atoms with Crippen LogP contribution in [0.5, 0.6) is 0 Å². The maximum atomic E-state index is 12.4. The summed E-state index contributed by atoms with van der Waals surface area (Å²) in [6.45, 7) is 5.76. The van der Waals surface area contributed by atoms with Crippen LogP contribution >= 0.6 is 27.5 Å². The first-order chi connectivity index (χ1) is 9.58. The lowest BCUT2D eigenvalue weighted by atomic mass is 10.2. The highest BCUT2D eigenvalue weighted by Crippen LogP contribution is 2.22. The number of halogens is 2. The summed E-state index contributed by atoms with van der Waals surface area (Å²) in [5, 5.41) is 3.90. The van der Waals surface area contributed by atoms with Crippen LogP contribution in [0.15, 0.2) is 22.7 Å². The van der Waals surface area contributed by atoms with E-state index in [-0.39, 0.29) is 5.91 Å². The molecule has 1 N–H and O–H groups in total. The van der Waals surface area contributed by atoms with E-state index in [1.807, 2.05) is 7.05 Å². The molecule has 1 aromatic carbocycles. The number of amides is 1. The van der Waals surface area contributed by atoms with E-state index >= 15 is 0 Å². The highest BCUT2D eigenvalue weighted by atomic mass is 79.9. The molecule has 0 spiro atoms. The third-order valence-corrected chi connectivity index (χ3v) is 4.39. The average Bonchev–Trinajstić information content (AvgIpc) is 2.47. The molecule has 0 bridgehead atoms. The SMILES string of the molecule is CN(CCN1CCNCC1)C(=O)c1cc(Cl)ccc1Br. The largest absolute Gasteiger partial charge is 0.340 e. The third kappa shape index (κ3) is 4.19. The number of benzene rings is 1. The fraction of sp³-hybridized carbons (Fsp3) is 0.500. The van der Waals surface area contributed by atoms with Gasteiger partial charge in [0.05, 0.1) is 5.56 Å². The van der Waals surface area contributed by atoms with E-state index in [9.17, 15) is 4.79 Å². The lowest BCUT2D eigenvalue weighted by molar-refractivity contribution is 0.0774. The van der Waals surface area contributed by atoms with Gasteiger partial charge in [-0.2, -0.15) is 0 Å². The van der Waals surface area contributed by atoms with Gasteiger partial charge in [-0.15, -0.1) is 0 Å². The summed E-state index contributed by atoms with van der Waals surface area (Å²) in [6, 6.07) is 5.28. The topological polar surface area (TPSA) is 35.6 Å². The van der Waals surface area contributed by atoms with E-state index in [0.717, 1.165) is 43.7 Å². The van der Waals surface area contributed by atoms with Crippen LogP contribution < -0.4 is 5.32 Å². The second-order valence-corrected chi connectivity index (χ2v) is 6.23. The van der Waals surface area contributed by atoms with E-state index in [4.69, 9.17) is 11.6 Å². The number of piperazine rings is 1. The molecule has 1 saturated heterocycles. The Balaban J connectivity index is 1.92. The zero-order chi connectivity index (χ0) is 14.5. The van der Waals surface area contributed by atoms with Gasteiger partial charge < -0.3 is 10.2 Å². The second-order valence-electron chi connectivity index (χ2n) is 4.94. The first-order valence-electron chi connectivity index (χ1n) is 6.71. The van der Waals surface area contributed by atoms with Crippen LogP contribution in [0.3, 0.4) is 0 Å². The molecule has 0 atom stereocenters. The van der Waals surface area contributed by atoms with Crippen molar-refractivity contribution in [3.8, 4) is 0 Å². The summed E-state index contributed by atoms with van der Waals surface area (Å²) in [4.78, 5) is 16.5. The van der Waals surface area contributed by atoms with Gasteiger partial charge in [0.2, 0.25) is 0 Å². The van der Waals surface area contributed by atoms with Crippen LogP contribution in [-0.4, -0.2) is 62.0 Å². The molecule has 1 aliphatic heterocycles. The van der Waals surface area contributed by atoms with E-state index in [2.05, 4.69) is 26.1 Å². The maximum Gasteiger partial charge on any atom is 0.254 e. The molecule has 4 nitrogen and oxygen atoms in total. The van der Waals surface area contributed by atoms with Crippen molar-refractivity contribution in [1.29, 1.82) is 0 Å². The number of rotatable bonds is 4. The number of hydrogen-bond donors (Lipinski definition) is 1. The maximum absolute atomic E-state index is 12.4. The Kier molecular flexibility index (Phi) is 5.84. The van der Waals surface area contributed by atoms with Gasteiger partial charge in [-0.3, -0.25) is 9.69 Å². The molecule has 1 fully saturated rings. The van der Waals surface area contributed by atoms with Gasteiger partial charge in [-0.05, 0) is 34.1 Å². The van der Waals surface area contributed by atoms with E-state index < -0.39 is 0 Å². The van der Waals surface area contributed by atoms with Crippen LogP contribution in [0, 0.1) is 0 Å². The zero-order valence-corrected chi connectivity index (χ0v) is 13.9. The summed E-state index contributed by atoms with van der Waals surface area (Å²) in [5.74, 6) is -0.00508. The zero-order valence-electron chi connectivity index (χ0n) is 11.5. The molecule has 1 heterocycles. The normalized spacial score (nSPS) is 16.1. The highest BCUT2D eigenvalue weighted by molar-refractivity contribution is 9.10. The Morgan fingerprint density at radius 3 is 2.85 bits per heavy atom. The summed E-state index contributed by atoms with van der Waals surface area (Å²) in [7, 11) is 1.83. The molecule has 2 rings (SSSR count). The van der Waals surface area contributed by atoms with Crippen LogP contribution in [0.2, 0.25) is 5.02 Å². The van der Waals surface area contributed by atoms with Crippen molar-refractivity contribution in [3.05, 3.63) is 33.3 Å². The van der Waals surface area contributed by atoms with Crippen LogP contribution in [0.25, 0.3) is 0 Å². The second kappa shape index (κ2) is 7.41. The van der Waals surface area contributed by atoms with Gasteiger partial charge in [0.15, 0.2) is 0 Å². The van der Waals surface area contributed by atoms with Gasteiger partial charge in [-0.1, -0.05) is 11.6 Å². The molecule has 0 unspecified atom stereocenters. The van der Waals surface area contributed by atoms with E-state index in [0.29, 0.717) is 10.6 Å². The van der Waals surface area contributed by atoms with Crippen molar-refractivity contribution in [2.45, 2.75) is 0 Å². The minimum atomic E-state index is -0.00508. The Bertz CT molecular complexity index is 477. The predicted octanol–water partition coefficient (Wildman–Crippen LogP) is 2.08. The Morgan fingerprint density at radius 1 is 1.45 bits per heavy atom. The minimum Gasteiger partial charge on any atom is -0.340 e. The minimum absolute atomic E-state index is 0.00508. The van der Waals surface area contributed by atoms with Crippen molar-refractivity contribution >= 4 is 33.4 Å². The van der Waals surface area contributed by atoms with Crippen molar-refractivity contribution in [2.75, 3.05) is 46.3 Å². The molecule has 6 heteroatoms. The Labute approximate surface area is 133 Å². The fourth-order valence-electron chi connectivity index (χ4n) is 2.19. The number of nitrogens with one attached hydrogen (secondary N) is 1. The average molecular weight is 361 g/mol. The number of carbonyl (C=O) groups excluding carboxylic acids is 1. The van der Waals surface area contributed by atoms with Crippen molar-refractivity contribution in [2.24, 2.45) is 0 Å². The van der Waals surface area contributed by atoms with Crippen LogP contribution in [0.1, 0.15) is 10.4 Å². The molecule has 1 aliphatic rings. The predicted molar refractivity (Wildman–Crippen MR) is 85.4 cm³/mol. The number of carbonyl (C=O) groups is 1. The molecule has 0 saturated carbocycles. The van der Waals surface area contributed by atoms with Gasteiger partial charge in [-0.25, -0.2) is 0 Å². The third-order valence-electron chi connectivity index (χ3n) is 3.47. The molecule has 0 aromatic heterocycles. The van der Waals surface area contributed by atoms with E-state index in [1.54, 1.807) is 23.1 Å². The lowest BCUT2D eigenvalue weighted by Gasteiger charge is -2.29. The van der Waals surface area contributed by atoms with Gasteiger partial charge in [0.25, 0.3) is 5.91 Å². The van der Waals surface area contributed by atoms with Crippen molar-refractivity contribution in [3.63, 3.8) is 0 Å².